The molecule has 0 fully saturated rings. The molecule has 0 amide bonds. The normalized spacial score (nSPS) is 17.4. The summed E-state index contributed by atoms with van der Waals surface area (Å²) < 4.78 is 5.14. The molecule has 0 N–H and O–H groups in total. The zero-order valence-electron chi connectivity index (χ0n) is 7.42. The fourth-order valence-electron chi connectivity index (χ4n) is 1.75. The minimum absolute atomic E-state index is 0.821. The van der Waals surface area contributed by atoms with Crippen molar-refractivity contribution < 1.29 is 4.42 Å². The quantitative estimate of drug-likeness (QED) is 0.609. The smallest absolute Gasteiger partial charge is 0.0937 e. The van der Waals surface area contributed by atoms with Gasteiger partial charge < -0.3 is 4.42 Å². The highest BCUT2D eigenvalue weighted by Crippen LogP contribution is 2.24. The van der Waals surface area contributed by atoms with Crippen molar-refractivity contribution >= 4 is 0 Å². The third-order valence-corrected chi connectivity index (χ3v) is 2.58. The van der Waals surface area contributed by atoms with Crippen LogP contribution in [0.3, 0.4) is 0 Å². The maximum atomic E-state index is 5.14. The monoisotopic (exact) mass is 162 g/mol. The van der Waals surface area contributed by atoms with Crippen LogP contribution in [0.25, 0.3) is 0 Å². The van der Waals surface area contributed by atoms with Crippen molar-refractivity contribution in [2.24, 2.45) is 5.92 Å². The second-order valence-corrected chi connectivity index (χ2v) is 3.59. The van der Waals surface area contributed by atoms with E-state index in [0.29, 0.717) is 0 Å². The molecule has 0 saturated heterocycles. The number of rotatable bonds is 2. The summed E-state index contributed by atoms with van der Waals surface area (Å²) in [5.74, 6) is 0.821. The highest BCUT2D eigenvalue weighted by molar-refractivity contribution is 5.20. The molecule has 1 nitrogen and oxygen atoms in total. The molecule has 1 aliphatic rings. The lowest BCUT2D eigenvalue weighted by Gasteiger charge is -2.06. The molecular weight excluding hydrogens is 148 g/mol. The van der Waals surface area contributed by atoms with Gasteiger partial charge in [-0.25, -0.2) is 0 Å². The third-order valence-electron chi connectivity index (χ3n) is 2.58. The Kier molecular flexibility index (Phi) is 2.03. The fourth-order valence-corrected chi connectivity index (χ4v) is 1.75. The van der Waals surface area contributed by atoms with Gasteiger partial charge in [-0.15, -0.1) is 0 Å². The van der Waals surface area contributed by atoms with Gasteiger partial charge in [0.2, 0.25) is 0 Å². The molecule has 0 bridgehead atoms. The van der Waals surface area contributed by atoms with Gasteiger partial charge in [0.05, 0.1) is 12.5 Å². The molecule has 0 spiro atoms. The Hall–Kier alpha value is -0.980. The van der Waals surface area contributed by atoms with Gasteiger partial charge >= 0.3 is 0 Å². The van der Waals surface area contributed by atoms with E-state index in [9.17, 15) is 0 Å². The molecule has 2 rings (SSSR count). The van der Waals surface area contributed by atoms with E-state index in [2.05, 4.69) is 19.1 Å². The second-order valence-electron chi connectivity index (χ2n) is 3.59. The summed E-state index contributed by atoms with van der Waals surface area (Å²) in [6.45, 7) is 2.11. The maximum Gasteiger partial charge on any atom is 0.0937 e. The van der Waals surface area contributed by atoms with Gasteiger partial charge in [0.25, 0.3) is 0 Å². The summed E-state index contributed by atoms with van der Waals surface area (Å²) >= 11 is 0. The molecule has 0 aromatic carbocycles. The average Bonchev–Trinajstić information content (AvgIpc) is 2.65. The first-order chi connectivity index (χ1) is 5.86. The molecule has 1 aliphatic carbocycles. The van der Waals surface area contributed by atoms with Crippen molar-refractivity contribution in [1.29, 1.82) is 0 Å². The Morgan fingerprint density at radius 2 is 2.08 bits per heavy atom. The lowest BCUT2D eigenvalue weighted by molar-refractivity contribution is 0.541. The SMILES string of the molecule is Cc1cocc1CC1CC=CC1. The Morgan fingerprint density at radius 1 is 1.33 bits per heavy atom. The molecule has 64 valence electrons. The maximum absolute atomic E-state index is 5.14. The van der Waals surface area contributed by atoms with Crippen molar-refractivity contribution in [3.8, 4) is 0 Å². The number of allylic oxidation sites excluding steroid dienone is 2. The molecule has 1 heteroatoms. The van der Waals surface area contributed by atoms with Crippen LogP contribution < -0.4 is 0 Å². The third kappa shape index (κ3) is 1.45. The Morgan fingerprint density at radius 3 is 2.67 bits per heavy atom. The Balaban J connectivity index is 1.99. The van der Waals surface area contributed by atoms with Crippen LogP contribution >= 0.6 is 0 Å². The van der Waals surface area contributed by atoms with E-state index >= 15 is 0 Å². The van der Waals surface area contributed by atoms with Gasteiger partial charge in [-0.3, -0.25) is 0 Å². The van der Waals surface area contributed by atoms with Crippen molar-refractivity contribution in [3.63, 3.8) is 0 Å². The lowest BCUT2D eigenvalue weighted by atomic mass is 9.97. The first kappa shape index (κ1) is 7.66. The minimum Gasteiger partial charge on any atom is -0.472 e. The average molecular weight is 162 g/mol. The van der Waals surface area contributed by atoms with Crippen LogP contribution in [0.4, 0.5) is 0 Å². The van der Waals surface area contributed by atoms with Crippen LogP contribution in [0.2, 0.25) is 0 Å². The molecule has 0 unspecified atom stereocenters. The molecular formula is C11H14O. The topological polar surface area (TPSA) is 13.1 Å². The van der Waals surface area contributed by atoms with E-state index in [0.717, 1.165) is 5.92 Å². The molecule has 1 aromatic heterocycles. The summed E-state index contributed by atoms with van der Waals surface area (Å²) in [7, 11) is 0. The predicted octanol–water partition coefficient (Wildman–Crippen LogP) is 3.10. The van der Waals surface area contributed by atoms with Gasteiger partial charge in [-0.1, -0.05) is 12.2 Å². The summed E-state index contributed by atoms with van der Waals surface area (Å²) in [5, 5.41) is 0. The molecule has 0 atom stereocenters. The van der Waals surface area contributed by atoms with E-state index in [1.807, 2.05) is 12.5 Å². The molecule has 12 heavy (non-hydrogen) atoms. The number of hydrogen-bond acceptors (Lipinski definition) is 1. The van der Waals surface area contributed by atoms with Crippen molar-refractivity contribution in [2.75, 3.05) is 0 Å². The first-order valence-electron chi connectivity index (χ1n) is 4.53. The Bertz CT molecular complexity index is 275. The van der Waals surface area contributed by atoms with Crippen LogP contribution in [0.15, 0.2) is 29.1 Å². The van der Waals surface area contributed by atoms with Crippen molar-refractivity contribution in [1.82, 2.24) is 0 Å². The van der Waals surface area contributed by atoms with Crippen molar-refractivity contribution in [3.05, 3.63) is 35.8 Å². The van der Waals surface area contributed by atoms with Crippen LogP contribution in [0.5, 0.6) is 0 Å². The number of aryl methyl sites for hydroxylation is 1. The number of furan rings is 1. The molecule has 0 aliphatic heterocycles. The van der Waals surface area contributed by atoms with Gasteiger partial charge in [0.15, 0.2) is 0 Å². The standard InChI is InChI=1S/C11H14O/c1-9-7-12-8-11(9)6-10-4-2-3-5-10/h2-3,7-8,10H,4-6H2,1H3. The Labute approximate surface area is 73.1 Å². The summed E-state index contributed by atoms with van der Waals surface area (Å²) in [6.07, 6.45) is 11.9. The molecule has 0 saturated carbocycles. The van der Waals surface area contributed by atoms with Gasteiger partial charge in [-0.2, -0.15) is 0 Å². The highest BCUT2D eigenvalue weighted by Gasteiger charge is 2.12. The van der Waals surface area contributed by atoms with Crippen LogP contribution in [-0.4, -0.2) is 0 Å². The second kappa shape index (κ2) is 3.18. The summed E-state index contributed by atoms with van der Waals surface area (Å²) in [4.78, 5) is 0. The zero-order chi connectivity index (χ0) is 8.39. The highest BCUT2D eigenvalue weighted by atomic mass is 16.3. The van der Waals surface area contributed by atoms with Crippen LogP contribution in [0, 0.1) is 12.8 Å². The van der Waals surface area contributed by atoms with Gasteiger partial charge in [0, 0.05) is 0 Å². The largest absolute Gasteiger partial charge is 0.472 e. The van der Waals surface area contributed by atoms with E-state index in [1.165, 1.54) is 30.4 Å². The summed E-state index contributed by atoms with van der Waals surface area (Å²) in [5.41, 5.74) is 2.67. The van der Waals surface area contributed by atoms with E-state index in [1.54, 1.807) is 0 Å². The molecule has 1 aromatic rings. The van der Waals surface area contributed by atoms with E-state index in [4.69, 9.17) is 4.42 Å². The molecule has 1 heterocycles. The summed E-state index contributed by atoms with van der Waals surface area (Å²) in [6, 6.07) is 0. The lowest BCUT2D eigenvalue weighted by Crippen LogP contribution is -1.98. The fraction of sp³-hybridized carbons (Fsp3) is 0.455. The predicted molar refractivity (Wildman–Crippen MR) is 49.0 cm³/mol. The van der Waals surface area contributed by atoms with Gasteiger partial charge in [-0.05, 0) is 43.2 Å². The van der Waals surface area contributed by atoms with E-state index < -0.39 is 0 Å². The van der Waals surface area contributed by atoms with Crippen LogP contribution in [-0.2, 0) is 6.42 Å². The van der Waals surface area contributed by atoms with Crippen molar-refractivity contribution in [2.45, 2.75) is 26.2 Å². The number of hydrogen-bond donors (Lipinski definition) is 0. The van der Waals surface area contributed by atoms with Gasteiger partial charge in [0.1, 0.15) is 0 Å². The zero-order valence-corrected chi connectivity index (χ0v) is 7.42. The molecule has 0 radical (unpaired) electrons. The van der Waals surface area contributed by atoms with Crippen LogP contribution in [0.1, 0.15) is 24.0 Å². The first-order valence-corrected chi connectivity index (χ1v) is 4.53. The minimum atomic E-state index is 0.821. The van der Waals surface area contributed by atoms with E-state index in [-0.39, 0.29) is 0 Å².